The van der Waals surface area contributed by atoms with Gasteiger partial charge < -0.3 is 11.1 Å². The van der Waals surface area contributed by atoms with Gasteiger partial charge in [-0.3, -0.25) is 5.73 Å². The number of hydrogen-bond acceptors (Lipinski definition) is 4. The second-order valence-corrected chi connectivity index (χ2v) is 3.65. The molecule has 0 saturated carbocycles. The smallest absolute Gasteiger partial charge is 0.211 e. The average Bonchev–Trinajstić information content (AvgIpc) is 2.18. The van der Waals surface area contributed by atoms with E-state index in [0.717, 1.165) is 5.56 Å². The molecular weight excluding hydrogens is 188 g/mol. The number of amidine groups is 1. The van der Waals surface area contributed by atoms with E-state index in [1.165, 1.54) is 5.56 Å². The first-order valence-corrected chi connectivity index (χ1v) is 4.76. The van der Waals surface area contributed by atoms with Crippen molar-refractivity contribution in [2.45, 2.75) is 12.7 Å². The molecular formula is C11H14N4. The quantitative estimate of drug-likeness (QED) is 0.622. The first kappa shape index (κ1) is 9.73. The zero-order chi connectivity index (χ0) is 10.9. The van der Waals surface area contributed by atoms with Crippen LogP contribution in [0.2, 0.25) is 0 Å². The fourth-order valence-electron chi connectivity index (χ4n) is 1.48. The van der Waals surface area contributed by atoms with Gasteiger partial charge in [-0.1, -0.05) is 29.8 Å². The molecule has 1 aliphatic rings. The molecule has 1 unspecified atom stereocenters. The Morgan fingerprint density at radius 3 is 2.53 bits per heavy atom. The summed E-state index contributed by atoms with van der Waals surface area (Å²) in [5.74, 6) is -0.510. The summed E-state index contributed by atoms with van der Waals surface area (Å²) < 4.78 is 0. The molecule has 1 aliphatic heterocycles. The molecule has 1 aromatic rings. The van der Waals surface area contributed by atoms with Crippen LogP contribution < -0.4 is 16.8 Å². The van der Waals surface area contributed by atoms with Crippen molar-refractivity contribution in [1.29, 1.82) is 0 Å². The van der Waals surface area contributed by atoms with Crippen LogP contribution in [-0.2, 0) is 5.79 Å². The van der Waals surface area contributed by atoms with E-state index in [1.807, 2.05) is 31.2 Å². The molecule has 1 aromatic carbocycles. The molecule has 15 heavy (non-hydrogen) atoms. The molecule has 0 fully saturated rings. The largest absolute Gasteiger partial charge is 0.384 e. The summed E-state index contributed by atoms with van der Waals surface area (Å²) in [7, 11) is 0. The van der Waals surface area contributed by atoms with Crippen molar-refractivity contribution >= 4 is 5.84 Å². The van der Waals surface area contributed by atoms with E-state index in [0.29, 0.717) is 5.84 Å². The minimum absolute atomic E-state index is 0.428. The summed E-state index contributed by atoms with van der Waals surface area (Å²) in [4.78, 5) is 4.19. The first-order valence-electron chi connectivity index (χ1n) is 4.76. The average molecular weight is 202 g/mol. The summed E-state index contributed by atoms with van der Waals surface area (Å²) in [5, 5.41) is 2.99. The van der Waals surface area contributed by atoms with Crippen LogP contribution in [0.4, 0.5) is 0 Å². The number of aryl methyl sites for hydroxylation is 1. The number of nitrogens with two attached hydrogens (primary N) is 2. The number of aliphatic imine (C=N–C) groups is 1. The van der Waals surface area contributed by atoms with Crippen molar-refractivity contribution in [3.05, 3.63) is 47.7 Å². The maximum absolute atomic E-state index is 6.09. The SMILES string of the molecule is Cc1ccc(C2(N)N=C(N)C=CN2)cc1. The van der Waals surface area contributed by atoms with Gasteiger partial charge in [-0.15, -0.1) is 0 Å². The zero-order valence-electron chi connectivity index (χ0n) is 8.57. The molecule has 0 aliphatic carbocycles. The lowest BCUT2D eigenvalue weighted by molar-refractivity contribution is 0.410. The van der Waals surface area contributed by atoms with E-state index >= 15 is 0 Å². The summed E-state index contributed by atoms with van der Waals surface area (Å²) in [5.41, 5.74) is 13.8. The third kappa shape index (κ3) is 1.85. The highest BCUT2D eigenvalue weighted by atomic mass is 15.3. The number of rotatable bonds is 1. The Bertz CT molecular complexity index is 419. The molecule has 1 heterocycles. The Labute approximate surface area is 88.7 Å². The Morgan fingerprint density at radius 2 is 1.93 bits per heavy atom. The number of benzene rings is 1. The molecule has 4 heteroatoms. The van der Waals surface area contributed by atoms with Crippen LogP contribution in [0.15, 0.2) is 41.5 Å². The molecule has 0 amide bonds. The number of hydrogen-bond donors (Lipinski definition) is 3. The lowest BCUT2D eigenvalue weighted by atomic mass is 10.1. The minimum atomic E-state index is -0.938. The summed E-state index contributed by atoms with van der Waals surface area (Å²) in [6, 6.07) is 7.88. The van der Waals surface area contributed by atoms with E-state index in [2.05, 4.69) is 10.3 Å². The fourth-order valence-corrected chi connectivity index (χ4v) is 1.48. The van der Waals surface area contributed by atoms with E-state index in [-0.39, 0.29) is 0 Å². The Morgan fingerprint density at radius 1 is 1.27 bits per heavy atom. The van der Waals surface area contributed by atoms with Gasteiger partial charge in [0.25, 0.3) is 0 Å². The van der Waals surface area contributed by atoms with Gasteiger partial charge in [0.1, 0.15) is 5.84 Å². The number of nitrogens with zero attached hydrogens (tertiary/aromatic N) is 1. The maximum Gasteiger partial charge on any atom is 0.211 e. The van der Waals surface area contributed by atoms with E-state index in [1.54, 1.807) is 12.3 Å². The monoisotopic (exact) mass is 202 g/mol. The van der Waals surface area contributed by atoms with Crippen molar-refractivity contribution in [3.8, 4) is 0 Å². The third-order valence-electron chi connectivity index (χ3n) is 2.35. The van der Waals surface area contributed by atoms with Crippen molar-refractivity contribution < 1.29 is 0 Å². The van der Waals surface area contributed by atoms with Crippen molar-refractivity contribution in [2.24, 2.45) is 16.5 Å². The van der Waals surface area contributed by atoms with Gasteiger partial charge in [0, 0.05) is 11.8 Å². The third-order valence-corrected chi connectivity index (χ3v) is 2.35. The zero-order valence-corrected chi connectivity index (χ0v) is 8.57. The topological polar surface area (TPSA) is 76.4 Å². The summed E-state index contributed by atoms with van der Waals surface area (Å²) >= 11 is 0. The lowest BCUT2D eigenvalue weighted by Gasteiger charge is -2.28. The molecule has 78 valence electrons. The minimum Gasteiger partial charge on any atom is -0.384 e. The summed E-state index contributed by atoms with van der Waals surface area (Å²) in [6.45, 7) is 2.03. The molecule has 1 atom stereocenters. The van der Waals surface area contributed by atoms with Crippen LogP contribution >= 0.6 is 0 Å². The van der Waals surface area contributed by atoms with E-state index < -0.39 is 5.79 Å². The normalized spacial score (nSPS) is 24.5. The summed E-state index contributed by atoms with van der Waals surface area (Å²) in [6.07, 6.45) is 3.39. The Balaban J connectivity index is 2.38. The predicted molar refractivity (Wildman–Crippen MR) is 60.9 cm³/mol. The number of nitrogens with one attached hydrogen (secondary N) is 1. The highest BCUT2D eigenvalue weighted by Crippen LogP contribution is 2.19. The van der Waals surface area contributed by atoms with E-state index in [9.17, 15) is 0 Å². The first-order chi connectivity index (χ1) is 7.10. The van der Waals surface area contributed by atoms with Crippen LogP contribution in [0.25, 0.3) is 0 Å². The highest BCUT2D eigenvalue weighted by Gasteiger charge is 2.26. The van der Waals surface area contributed by atoms with Crippen molar-refractivity contribution in [2.75, 3.05) is 0 Å². The van der Waals surface area contributed by atoms with Crippen LogP contribution in [0, 0.1) is 6.92 Å². The van der Waals surface area contributed by atoms with Gasteiger partial charge in [0.05, 0.1) is 0 Å². The maximum atomic E-state index is 6.09. The fraction of sp³-hybridized carbons (Fsp3) is 0.182. The highest BCUT2D eigenvalue weighted by molar-refractivity contribution is 5.92. The van der Waals surface area contributed by atoms with Crippen LogP contribution in [0.5, 0.6) is 0 Å². The molecule has 5 N–H and O–H groups in total. The lowest BCUT2D eigenvalue weighted by Crippen LogP contribution is -2.49. The van der Waals surface area contributed by atoms with Crippen molar-refractivity contribution in [1.82, 2.24) is 5.32 Å². The standard InChI is InChI=1S/C11H14N4/c1-8-2-4-9(5-3-8)11(13)14-7-6-10(12)15-11/h2-7,14H,13H2,1H3,(H2,12,15). The molecule has 0 radical (unpaired) electrons. The van der Waals surface area contributed by atoms with Crippen LogP contribution in [0.1, 0.15) is 11.1 Å². The molecule has 4 nitrogen and oxygen atoms in total. The predicted octanol–water partition coefficient (Wildman–Crippen LogP) is 0.538. The Kier molecular flexibility index (Phi) is 2.21. The van der Waals surface area contributed by atoms with Crippen LogP contribution in [0.3, 0.4) is 0 Å². The van der Waals surface area contributed by atoms with E-state index in [4.69, 9.17) is 11.5 Å². The Hall–Kier alpha value is -1.81. The molecule has 2 rings (SSSR count). The van der Waals surface area contributed by atoms with Gasteiger partial charge in [-0.25, -0.2) is 4.99 Å². The molecule has 0 spiro atoms. The van der Waals surface area contributed by atoms with Crippen LogP contribution in [-0.4, -0.2) is 5.84 Å². The second-order valence-electron chi connectivity index (χ2n) is 3.65. The van der Waals surface area contributed by atoms with Gasteiger partial charge in [-0.2, -0.15) is 0 Å². The molecule has 0 saturated heterocycles. The van der Waals surface area contributed by atoms with Gasteiger partial charge >= 0.3 is 0 Å². The van der Waals surface area contributed by atoms with Gasteiger partial charge in [0.2, 0.25) is 5.79 Å². The van der Waals surface area contributed by atoms with Gasteiger partial charge in [0.15, 0.2) is 0 Å². The second kappa shape index (κ2) is 3.40. The molecule has 0 aromatic heterocycles. The molecule has 0 bridgehead atoms. The van der Waals surface area contributed by atoms with Crippen molar-refractivity contribution in [3.63, 3.8) is 0 Å². The van der Waals surface area contributed by atoms with Gasteiger partial charge in [-0.05, 0) is 13.0 Å².